The second-order valence-electron chi connectivity index (χ2n) is 4.05. The summed E-state index contributed by atoms with van der Waals surface area (Å²) in [5.41, 5.74) is 3.84. The van der Waals surface area contributed by atoms with E-state index in [1.807, 2.05) is 6.07 Å². The van der Waals surface area contributed by atoms with Crippen molar-refractivity contribution < 1.29 is 0 Å². The van der Waals surface area contributed by atoms with Crippen LogP contribution in [0.1, 0.15) is 29.7 Å². The highest BCUT2D eigenvalue weighted by Gasteiger charge is 2.15. The maximum Gasteiger partial charge on any atom is 0.0587 e. The van der Waals surface area contributed by atoms with Gasteiger partial charge >= 0.3 is 0 Å². The van der Waals surface area contributed by atoms with E-state index in [0.29, 0.717) is 0 Å². The van der Waals surface area contributed by atoms with Crippen molar-refractivity contribution in [3.8, 4) is 0 Å². The lowest BCUT2D eigenvalue weighted by Crippen LogP contribution is -2.22. The van der Waals surface area contributed by atoms with Crippen molar-refractivity contribution >= 4 is 22.9 Å². The Kier molecular flexibility index (Phi) is 4.21. The largest absolute Gasteiger partial charge is 0.306 e. The molecule has 0 aliphatic heterocycles. The van der Waals surface area contributed by atoms with Gasteiger partial charge in [0.25, 0.3) is 0 Å². The molecule has 2 aromatic rings. The summed E-state index contributed by atoms with van der Waals surface area (Å²) in [4.78, 5) is 0. The minimum absolute atomic E-state index is 0.241. The first-order chi connectivity index (χ1) is 8.22. The van der Waals surface area contributed by atoms with Gasteiger partial charge in [-0.05, 0) is 59.1 Å². The normalized spacial score (nSPS) is 12.6. The topological polar surface area (TPSA) is 12.0 Å². The summed E-state index contributed by atoms with van der Waals surface area (Å²) in [7, 11) is 0. The summed E-state index contributed by atoms with van der Waals surface area (Å²) in [5, 5.41) is 8.61. The first-order valence-electron chi connectivity index (χ1n) is 5.74. The van der Waals surface area contributed by atoms with Gasteiger partial charge in [0, 0.05) is 5.02 Å². The molecule has 1 heterocycles. The molecule has 0 radical (unpaired) electrons. The third kappa shape index (κ3) is 2.89. The van der Waals surface area contributed by atoms with Crippen molar-refractivity contribution in [2.45, 2.75) is 19.9 Å². The van der Waals surface area contributed by atoms with Gasteiger partial charge in [0.2, 0.25) is 0 Å². The Bertz CT molecular complexity index is 479. The number of hydrogen-bond donors (Lipinski definition) is 1. The van der Waals surface area contributed by atoms with Gasteiger partial charge < -0.3 is 5.32 Å². The first-order valence-corrected chi connectivity index (χ1v) is 7.06. The molecular weight excluding hydrogens is 250 g/mol. The molecule has 2 rings (SSSR count). The lowest BCUT2D eigenvalue weighted by Gasteiger charge is -2.19. The first kappa shape index (κ1) is 12.6. The van der Waals surface area contributed by atoms with Gasteiger partial charge in [-0.15, -0.1) is 0 Å². The number of rotatable bonds is 4. The van der Waals surface area contributed by atoms with Crippen LogP contribution < -0.4 is 5.32 Å². The zero-order valence-electron chi connectivity index (χ0n) is 10.0. The predicted octanol–water partition coefficient (Wildman–Crippen LogP) is 4.41. The monoisotopic (exact) mass is 265 g/mol. The average molecular weight is 266 g/mol. The van der Waals surface area contributed by atoms with Gasteiger partial charge in [-0.3, -0.25) is 0 Å². The molecule has 0 amide bonds. The van der Waals surface area contributed by atoms with Crippen molar-refractivity contribution in [1.29, 1.82) is 0 Å². The minimum Gasteiger partial charge on any atom is -0.306 e. The van der Waals surface area contributed by atoms with Crippen LogP contribution in [0.25, 0.3) is 0 Å². The zero-order chi connectivity index (χ0) is 12.3. The molecule has 0 spiro atoms. The minimum atomic E-state index is 0.241. The molecule has 1 N–H and O–H groups in total. The van der Waals surface area contributed by atoms with Gasteiger partial charge in [0.05, 0.1) is 6.04 Å². The molecule has 1 unspecified atom stereocenters. The molecule has 17 heavy (non-hydrogen) atoms. The molecule has 0 saturated carbocycles. The summed E-state index contributed by atoms with van der Waals surface area (Å²) in [6.07, 6.45) is 0. The number of nitrogens with one attached hydrogen (secondary N) is 1. The molecule has 0 aliphatic rings. The molecule has 1 nitrogen and oxygen atoms in total. The maximum atomic E-state index is 6.10. The highest BCUT2D eigenvalue weighted by Crippen LogP contribution is 2.28. The number of halogens is 1. The quantitative estimate of drug-likeness (QED) is 0.864. The van der Waals surface area contributed by atoms with E-state index in [2.05, 4.69) is 48.1 Å². The fourth-order valence-corrected chi connectivity index (χ4v) is 2.84. The van der Waals surface area contributed by atoms with Crippen LogP contribution in [-0.2, 0) is 0 Å². The van der Waals surface area contributed by atoms with E-state index < -0.39 is 0 Å². The lowest BCUT2D eigenvalue weighted by molar-refractivity contribution is 0.629. The molecule has 0 aliphatic carbocycles. The van der Waals surface area contributed by atoms with Crippen molar-refractivity contribution in [2.75, 3.05) is 6.54 Å². The highest BCUT2D eigenvalue weighted by atomic mass is 35.5. The Morgan fingerprint density at radius 2 is 2.18 bits per heavy atom. The van der Waals surface area contributed by atoms with Crippen LogP contribution in [0, 0.1) is 6.92 Å². The van der Waals surface area contributed by atoms with Gasteiger partial charge in [-0.2, -0.15) is 11.3 Å². The Balaban J connectivity index is 2.42. The van der Waals surface area contributed by atoms with Gasteiger partial charge in [0.1, 0.15) is 0 Å². The molecule has 0 saturated heterocycles. The van der Waals surface area contributed by atoms with Crippen LogP contribution in [0.5, 0.6) is 0 Å². The van der Waals surface area contributed by atoms with Gasteiger partial charge in [0.15, 0.2) is 0 Å². The Morgan fingerprint density at radius 3 is 2.82 bits per heavy atom. The Labute approximate surface area is 111 Å². The van der Waals surface area contributed by atoms with Crippen molar-refractivity contribution in [3.63, 3.8) is 0 Å². The van der Waals surface area contributed by atoms with Crippen LogP contribution in [0.4, 0.5) is 0 Å². The zero-order valence-corrected chi connectivity index (χ0v) is 11.6. The predicted molar refractivity (Wildman–Crippen MR) is 76.0 cm³/mol. The van der Waals surface area contributed by atoms with Crippen molar-refractivity contribution in [1.82, 2.24) is 5.32 Å². The van der Waals surface area contributed by atoms with Gasteiger partial charge in [-0.25, -0.2) is 0 Å². The van der Waals surface area contributed by atoms with E-state index in [1.54, 1.807) is 11.3 Å². The number of benzene rings is 1. The van der Waals surface area contributed by atoms with Crippen LogP contribution in [0.2, 0.25) is 5.02 Å². The fraction of sp³-hybridized carbons (Fsp3) is 0.286. The van der Waals surface area contributed by atoms with Crippen LogP contribution in [0.15, 0.2) is 35.0 Å². The van der Waals surface area contributed by atoms with Gasteiger partial charge in [-0.1, -0.05) is 24.6 Å². The maximum absolute atomic E-state index is 6.10. The number of hydrogen-bond acceptors (Lipinski definition) is 2. The third-order valence-electron chi connectivity index (χ3n) is 2.84. The van der Waals surface area contributed by atoms with Crippen LogP contribution in [-0.4, -0.2) is 6.54 Å². The summed E-state index contributed by atoms with van der Waals surface area (Å²) in [5.74, 6) is 0. The lowest BCUT2D eigenvalue weighted by atomic mass is 9.97. The number of thiophene rings is 1. The average Bonchev–Trinajstić information content (AvgIpc) is 2.83. The molecule has 3 heteroatoms. The standard InChI is InChI=1S/C14H16ClNS/c1-3-16-14(11-6-7-17-9-11)13-8-12(15)5-4-10(13)2/h4-9,14,16H,3H2,1-2H3. The Hall–Kier alpha value is -0.830. The molecular formula is C14H16ClNS. The van der Waals surface area contributed by atoms with Crippen molar-refractivity contribution in [2.24, 2.45) is 0 Å². The molecule has 1 aromatic heterocycles. The van der Waals surface area contributed by atoms with Crippen molar-refractivity contribution in [3.05, 3.63) is 56.7 Å². The smallest absolute Gasteiger partial charge is 0.0587 e. The SMILES string of the molecule is CCNC(c1ccsc1)c1cc(Cl)ccc1C. The molecule has 0 bridgehead atoms. The summed E-state index contributed by atoms with van der Waals surface area (Å²) in [6.45, 7) is 5.19. The summed E-state index contributed by atoms with van der Waals surface area (Å²) < 4.78 is 0. The van der Waals surface area contributed by atoms with E-state index in [0.717, 1.165) is 11.6 Å². The van der Waals surface area contributed by atoms with Crippen LogP contribution >= 0.6 is 22.9 Å². The number of aryl methyl sites for hydroxylation is 1. The fourth-order valence-electron chi connectivity index (χ4n) is 1.97. The summed E-state index contributed by atoms with van der Waals surface area (Å²) >= 11 is 7.82. The van der Waals surface area contributed by atoms with E-state index in [1.165, 1.54) is 16.7 Å². The summed E-state index contributed by atoms with van der Waals surface area (Å²) in [6, 6.07) is 8.48. The third-order valence-corrected chi connectivity index (χ3v) is 3.77. The highest BCUT2D eigenvalue weighted by molar-refractivity contribution is 7.08. The van der Waals surface area contributed by atoms with E-state index in [-0.39, 0.29) is 6.04 Å². The van der Waals surface area contributed by atoms with E-state index in [9.17, 15) is 0 Å². The second-order valence-corrected chi connectivity index (χ2v) is 5.26. The molecule has 1 aromatic carbocycles. The van der Waals surface area contributed by atoms with E-state index in [4.69, 9.17) is 11.6 Å². The molecule has 90 valence electrons. The molecule has 0 fully saturated rings. The second kappa shape index (κ2) is 5.67. The molecule has 1 atom stereocenters. The van der Waals surface area contributed by atoms with Crippen LogP contribution in [0.3, 0.4) is 0 Å². The van der Waals surface area contributed by atoms with E-state index >= 15 is 0 Å². The Morgan fingerprint density at radius 1 is 1.35 bits per heavy atom.